The lowest BCUT2D eigenvalue weighted by Crippen LogP contribution is -2.41. The van der Waals surface area contributed by atoms with Gasteiger partial charge in [-0.15, -0.1) is 0 Å². The molecule has 1 amide bonds. The number of nitrogens with zero attached hydrogens (tertiary/aromatic N) is 5. The number of benzene rings is 1. The summed E-state index contributed by atoms with van der Waals surface area (Å²) in [6, 6.07) is 11.6. The number of nitrogens with one attached hydrogen (secondary N) is 1. The summed E-state index contributed by atoms with van der Waals surface area (Å²) in [4.78, 5) is 31.3. The van der Waals surface area contributed by atoms with E-state index in [-0.39, 0.29) is 5.91 Å². The Kier molecular flexibility index (Phi) is 4.51. The van der Waals surface area contributed by atoms with E-state index >= 15 is 0 Å². The molecular weight excluding hydrogens is 408 g/mol. The van der Waals surface area contributed by atoms with Crippen molar-refractivity contribution in [3.05, 3.63) is 72.4 Å². The molecule has 5 rings (SSSR count). The van der Waals surface area contributed by atoms with Gasteiger partial charge in [-0.25, -0.2) is 15.0 Å². The van der Waals surface area contributed by atoms with Crippen LogP contribution in [0.2, 0.25) is 0 Å². The van der Waals surface area contributed by atoms with Crippen LogP contribution in [-0.4, -0.2) is 30.4 Å². The van der Waals surface area contributed by atoms with E-state index in [0.29, 0.717) is 5.56 Å². The standard InChI is InChI=1S/C23H20N6OS/c1-23(2,28-20(30)15-7-5-9-24-11-15)16-8-4-6-14(10-16)21-27-18-19-17(26-13-29(19)3)12-25-22(18)31-21/h4-13H,1-3H3,(H,28,30). The predicted molar refractivity (Wildman–Crippen MR) is 122 cm³/mol. The van der Waals surface area contributed by atoms with Crippen LogP contribution in [0.25, 0.3) is 32.0 Å². The molecule has 0 bridgehead atoms. The fourth-order valence-electron chi connectivity index (χ4n) is 3.59. The molecule has 0 spiro atoms. The number of carbonyl (C=O) groups excluding carboxylic acids is 1. The monoisotopic (exact) mass is 428 g/mol. The quantitative estimate of drug-likeness (QED) is 0.461. The van der Waals surface area contributed by atoms with Gasteiger partial charge in [0.1, 0.15) is 20.9 Å². The number of aryl methyl sites for hydroxylation is 1. The number of imidazole rings is 1. The molecule has 8 heteroatoms. The first-order valence-electron chi connectivity index (χ1n) is 9.82. The molecule has 0 saturated carbocycles. The van der Waals surface area contributed by atoms with Gasteiger partial charge >= 0.3 is 0 Å². The van der Waals surface area contributed by atoms with E-state index in [1.54, 1.807) is 48.4 Å². The summed E-state index contributed by atoms with van der Waals surface area (Å²) < 4.78 is 1.97. The van der Waals surface area contributed by atoms with Crippen LogP contribution in [0.4, 0.5) is 0 Å². The molecule has 0 aliphatic heterocycles. The number of thiazole rings is 1. The van der Waals surface area contributed by atoms with Crippen molar-refractivity contribution < 1.29 is 4.79 Å². The maximum atomic E-state index is 12.7. The first-order valence-corrected chi connectivity index (χ1v) is 10.6. The smallest absolute Gasteiger partial charge is 0.253 e. The second-order valence-corrected chi connectivity index (χ2v) is 8.90. The third kappa shape index (κ3) is 3.44. The maximum absolute atomic E-state index is 12.7. The number of pyridine rings is 2. The molecule has 0 unspecified atom stereocenters. The maximum Gasteiger partial charge on any atom is 0.253 e. The molecule has 5 aromatic rings. The van der Waals surface area contributed by atoms with Gasteiger partial charge in [0.25, 0.3) is 5.91 Å². The predicted octanol–water partition coefficient (Wildman–Crippen LogP) is 4.31. The van der Waals surface area contributed by atoms with Crippen molar-refractivity contribution in [1.82, 2.24) is 29.8 Å². The number of hydrogen-bond donors (Lipinski definition) is 1. The van der Waals surface area contributed by atoms with Crippen LogP contribution in [0.1, 0.15) is 29.8 Å². The van der Waals surface area contributed by atoms with E-state index < -0.39 is 5.54 Å². The second kappa shape index (κ2) is 7.24. The lowest BCUT2D eigenvalue weighted by Gasteiger charge is -2.27. The molecule has 0 radical (unpaired) electrons. The Balaban J connectivity index is 1.50. The van der Waals surface area contributed by atoms with E-state index in [1.165, 1.54) is 0 Å². The molecule has 0 atom stereocenters. The van der Waals surface area contributed by atoms with Crippen LogP contribution in [-0.2, 0) is 12.6 Å². The molecule has 154 valence electrons. The molecule has 4 heterocycles. The third-order valence-corrected chi connectivity index (χ3v) is 6.30. The van der Waals surface area contributed by atoms with Gasteiger partial charge in [-0.05, 0) is 37.6 Å². The highest BCUT2D eigenvalue weighted by molar-refractivity contribution is 7.21. The van der Waals surface area contributed by atoms with Crippen molar-refractivity contribution in [2.24, 2.45) is 7.05 Å². The molecule has 1 aromatic carbocycles. The van der Waals surface area contributed by atoms with Gasteiger partial charge in [0.2, 0.25) is 0 Å². The van der Waals surface area contributed by atoms with E-state index in [2.05, 4.69) is 26.3 Å². The van der Waals surface area contributed by atoms with Gasteiger partial charge in [0.15, 0.2) is 0 Å². The number of hydrogen-bond acceptors (Lipinski definition) is 6. The van der Waals surface area contributed by atoms with Crippen LogP contribution in [0.3, 0.4) is 0 Å². The zero-order valence-electron chi connectivity index (χ0n) is 17.3. The van der Waals surface area contributed by atoms with E-state index in [0.717, 1.165) is 37.5 Å². The van der Waals surface area contributed by atoms with Crippen molar-refractivity contribution in [3.63, 3.8) is 0 Å². The highest BCUT2D eigenvalue weighted by Crippen LogP contribution is 2.34. The van der Waals surface area contributed by atoms with Crippen molar-refractivity contribution in [2.45, 2.75) is 19.4 Å². The Morgan fingerprint density at radius 1 is 1.13 bits per heavy atom. The fraction of sp³-hybridized carbons (Fsp3) is 0.174. The summed E-state index contributed by atoms with van der Waals surface area (Å²) in [5.74, 6) is -0.161. The largest absolute Gasteiger partial charge is 0.343 e. The minimum atomic E-state index is -0.576. The number of aromatic nitrogens is 5. The van der Waals surface area contributed by atoms with Gasteiger partial charge in [-0.3, -0.25) is 9.78 Å². The van der Waals surface area contributed by atoms with Crippen LogP contribution in [0.15, 0.2) is 61.3 Å². The number of amides is 1. The molecule has 31 heavy (non-hydrogen) atoms. The minimum Gasteiger partial charge on any atom is -0.343 e. The van der Waals surface area contributed by atoms with Crippen molar-refractivity contribution in [1.29, 1.82) is 0 Å². The van der Waals surface area contributed by atoms with Crippen molar-refractivity contribution in [3.8, 4) is 10.6 Å². The third-order valence-electron chi connectivity index (χ3n) is 5.28. The Morgan fingerprint density at radius 2 is 2.00 bits per heavy atom. The second-order valence-electron chi connectivity index (χ2n) is 7.92. The summed E-state index contributed by atoms with van der Waals surface area (Å²) in [5, 5.41) is 3.98. The average Bonchev–Trinajstić information content (AvgIpc) is 3.37. The van der Waals surface area contributed by atoms with Crippen LogP contribution >= 0.6 is 11.3 Å². The topological polar surface area (TPSA) is 85.6 Å². The minimum absolute atomic E-state index is 0.161. The average molecular weight is 429 g/mol. The number of carbonyl (C=O) groups is 1. The molecule has 7 nitrogen and oxygen atoms in total. The Hall–Kier alpha value is -3.65. The van der Waals surface area contributed by atoms with Crippen molar-refractivity contribution in [2.75, 3.05) is 0 Å². The molecule has 0 aliphatic carbocycles. The summed E-state index contributed by atoms with van der Waals surface area (Å²) in [6.45, 7) is 3.97. The normalized spacial score (nSPS) is 11.8. The van der Waals surface area contributed by atoms with Gasteiger partial charge in [-0.2, -0.15) is 0 Å². The Bertz CT molecular complexity index is 1420. The highest BCUT2D eigenvalue weighted by atomic mass is 32.1. The lowest BCUT2D eigenvalue weighted by molar-refractivity contribution is 0.0911. The number of rotatable bonds is 4. The lowest BCUT2D eigenvalue weighted by atomic mass is 9.92. The van der Waals surface area contributed by atoms with Crippen LogP contribution in [0, 0.1) is 0 Å². The first-order chi connectivity index (χ1) is 14.9. The molecule has 0 aliphatic rings. The zero-order valence-corrected chi connectivity index (χ0v) is 18.1. The van der Waals surface area contributed by atoms with Crippen LogP contribution < -0.4 is 5.32 Å². The number of fused-ring (bicyclic) bond motifs is 3. The van der Waals surface area contributed by atoms with E-state index in [9.17, 15) is 4.79 Å². The van der Waals surface area contributed by atoms with Gasteiger partial charge in [-0.1, -0.05) is 29.5 Å². The molecular formula is C23H20N6OS. The summed E-state index contributed by atoms with van der Waals surface area (Å²) in [6.07, 6.45) is 6.78. The molecule has 1 N–H and O–H groups in total. The Morgan fingerprint density at radius 3 is 2.81 bits per heavy atom. The van der Waals surface area contributed by atoms with Gasteiger partial charge in [0, 0.05) is 25.0 Å². The SMILES string of the molecule is Cn1cnc2cnc3sc(-c4cccc(C(C)(C)NC(=O)c5cccnc5)c4)nc3c21. The summed E-state index contributed by atoms with van der Waals surface area (Å²) in [5.41, 5.74) is 4.59. The Labute approximate surface area is 182 Å². The van der Waals surface area contributed by atoms with Crippen LogP contribution in [0.5, 0.6) is 0 Å². The molecule has 4 aromatic heterocycles. The zero-order chi connectivity index (χ0) is 21.6. The van der Waals surface area contributed by atoms with E-state index in [1.807, 2.05) is 43.7 Å². The summed E-state index contributed by atoms with van der Waals surface area (Å²) >= 11 is 1.55. The molecule has 0 fully saturated rings. The van der Waals surface area contributed by atoms with Crippen molar-refractivity contribution >= 4 is 38.6 Å². The fourth-order valence-corrected chi connectivity index (χ4v) is 4.50. The van der Waals surface area contributed by atoms with Gasteiger partial charge < -0.3 is 9.88 Å². The first kappa shape index (κ1) is 19.3. The molecule has 0 saturated heterocycles. The highest BCUT2D eigenvalue weighted by Gasteiger charge is 2.24. The van der Waals surface area contributed by atoms with E-state index in [4.69, 9.17) is 4.98 Å². The summed E-state index contributed by atoms with van der Waals surface area (Å²) in [7, 11) is 1.96. The van der Waals surface area contributed by atoms with Gasteiger partial charge in [0.05, 0.1) is 29.1 Å².